The minimum Gasteiger partial charge on any atom is -0.504 e. The van der Waals surface area contributed by atoms with Crippen LogP contribution in [0.1, 0.15) is 18.2 Å². The standard InChI is InChI=1S/C15H12BrFN4O3/c1-8(22)24-7-21-15-10(4-5-18-19-15)12(20-21)6-9-2-3-11(16)14(23)13(9)17/h2-5,23H,6-7H2,1H3. The number of hydrogen-bond donors (Lipinski definition) is 1. The fourth-order valence-corrected chi connectivity index (χ4v) is 2.57. The predicted octanol–water partition coefficient (Wildman–Crippen LogP) is 2.54. The van der Waals surface area contributed by atoms with Gasteiger partial charge in [-0.25, -0.2) is 9.07 Å². The molecule has 3 aromatic rings. The van der Waals surface area contributed by atoms with Crippen LogP contribution in [0.25, 0.3) is 11.0 Å². The Bertz CT molecular complexity index is 928. The number of benzene rings is 1. The minimum atomic E-state index is -0.714. The van der Waals surface area contributed by atoms with Crippen LogP contribution in [0.15, 0.2) is 28.9 Å². The van der Waals surface area contributed by atoms with E-state index >= 15 is 0 Å². The van der Waals surface area contributed by atoms with Crippen molar-refractivity contribution in [3.8, 4) is 5.75 Å². The van der Waals surface area contributed by atoms with Gasteiger partial charge >= 0.3 is 5.97 Å². The fourth-order valence-electron chi connectivity index (χ4n) is 2.26. The van der Waals surface area contributed by atoms with Gasteiger partial charge in [-0.05, 0) is 33.6 Å². The van der Waals surface area contributed by atoms with E-state index in [-0.39, 0.29) is 23.2 Å². The molecule has 0 spiro atoms. The SMILES string of the molecule is CC(=O)OCn1nc(Cc2ccc(Br)c(O)c2F)c2ccnnc21. The second-order valence-corrected chi connectivity index (χ2v) is 5.88. The lowest BCUT2D eigenvalue weighted by molar-refractivity contribution is -0.145. The van der Waals surface area contributed by atoms with Gasteiger partial charge in [0, 0.05) is 18.7 Å². The van der Waals surface area contributed by atoms with Crippen molar-refractivity contribution in [3.63, 3.8) is 0 Å². The highest BCUT2D eigenvalue weighted by atomic mass is 79.9. The number of halogens is 2. The van der Waals surface area contributed by atoms with Gasteiger partial charge in [0.05, 0.1) is 16.4 Å². The summed E-state index contributed by atoms with van der Waals surface area (Å²) >= 11 is 3.07. The third-order valence-corrected chi connectivity index (χ3v) is 4.03. The zero-order valence-electron chi connectivity index (χ0n) is 12.5. The van der Waals surface area contributed by atoms with Crippen LogP contribution in [0.2, 0.25) is 0 Å². The zero-order valence-corrected chi connectivity index (χ0v) is 14.1. The highest BCUT2D eigenvalue weighted by molar-refractivity contribution is 9.10. The first-order chi connectivity index (χ1) is 11.5. The molecule has 1 aromatic carbocycles. The monoisotopic (exact) mass is 394 g/mol. The highest BCUT2D eigenvalue weighted by Gasteiger charge is 2.17. The number of hydrogen-bond acceptors (Lipinski definition) is 6. The smallest absolute Gasteiger partial charge is 0.304 e. The van der Waals surface area contributed by atoms with Crippen LogP contribution >= 0.6 is 15.9 Å². The lowest BCUT2D eigenvalue weighted by Crippen LogP contribution is -2.08. The average Bonchev–Trinajstić information content (AvgIpc) is 2.91. The zero-order chi connectivity index (χ0) is 17.3. The van der Waals surface area contributed by atoms with Gasteiger partial charge in [-0.15, -0.1) is 5.10 Å². The van der Waals surface area contributed by atoms with Crippen molar-refractivity contribution < 1.29 is 19.0 Å². The van der Waals surface area contributed by atoms with Crippen LogP contribution in [0.5, 0.6) is 5.75 Å². The van der Waals surface area contributed by atoms with E-state index in [1.807, 2.05) is 0 Å². The van der Waals surface area contributed by atoms with E-state index in [0.29, 0.717) is 16.7 Å². The fraction of sp³-hybridized carbons (Fsp3) is 0.200. The second kappa shape index (κ2) is 6.52. The van der Waals surface area contributed by atoms with Crippen molar-refractivity contribution in [2.45, 2.75) is 20.1 Å². The highest BCUT2D eigenvalue weighted by Crippen LogP contribution is 2.30. The molecule has 2 aromatic heterocycles. The Morgan fingerprint density at radius 3 is 2.96 bits per heavy atom. The van der Waals surface area contributed by atoms with Crippen LogP contribution in [0, 0.1) is 5.82 Å². The Balaban J connectivity index is 2.01. The topological polar surface area (TPSA) is 90.1 Å². The van der Waals surface area contributed by atoms with Crippen LogP contribution < -0.4 is 0 Å². The number of aromatic nitrogens is 4. The van der Waals surface area contributed by atoms with Gasteiger partial charge in [0.25, 0.3) is 0 Å². The molecule has 0 aliphatic heterocycles. The maximum Gasteiger partial charge on any atom is 0.304 e. The Morgan fingerprint density at radius 2 is 2.21 bits per heavy atom. The van der Waals surface area contributed by atoms with E-state index in [2.05, 4.69) is 31.2 Å². The summed E-state index contributed by atoms with van der Waals surface area (Å²) in [6, 6.07) is 4.82. The van der Waals surface area contributed by atoms with E-state index in [1.54, 1.807) is 18.2 Å². The number of carbonyl (C=O) groups excluding carboxylic acids is 1. The maximum absolute atomic E-state index is 14.2. The van der Waals surface area contributed by atoms with Gasteiger partial charge < -0.3 is 9.84 Å². The summed E-state index contributed by atoms with van der Waals surface area (Å²) in [5.74, 6) is -1.61. The normalized spacial score (nSPS) is 11.0. The number of phenols is 1. The van der Waals surface area contributed by atoms with Crippen LogP contribution in [-0.2, 0) is 22.7 Å². The average molecular weight is 395 g/mol. The van der Waals surface area contributed by atoms with Crippen molar-refractivity contribution in [1.82, 2.24) is 20.0 Å². The van der Waals surface area contributed by atoms with Crippen LogP contribution in [0.4, 0.5) is 4.39 Å². The molecule has 0 amide bonds. The Morgan fingerprint density at radius 1 is 1.42 bits per heavy atom. The predicted molar refractivity (Wildman–Crippen MR) is 85.7 cm³/mol. The summed E-state index contributed by atoms with van der Waals surface area (Å²) in [5.41, 5.74) is 1.25. The van der Waals surface area contributed by atoms with Crippen molar-refractivity contribution in [2.24, 2.45) is 0 Å². The van der Waals surface area contributed by atoms with Crippen LogP contribution in [0.3, 0.4) is 0 Å². The molecule has 2 heterocycles. The van der Waals surface area contributed by atoms with Gasteiger partial charge in [-0.2, -0.15) is 10.2 Å². The second-order valence-electron chi connectivity index (χ2n) is 5.03. The summed E-state index contributed by atoms with van der Waals surface area (Å²) < 4.78 is 20.8. The maximum atomic E-state index is 14.2. The van der Waals surface area contributed by atoms with Gasteiger partial charge in [0.1, 0.15) is 0 Å². The number of aromatic hydroxyl groups is 1. The van der Waals surface area contributed by atoms with Crippen molar-refractivity contribution in [1.29, 1.82) is 0 Å². The number of nitrogens with zero attached hydrogens (tertiary/aromatic N) is 4. The molecule has 0 unspecified atom stereocenters. The minimum absolute atomic E-state index is 0.113. The van der Waals surface area contributed by atoms with Crippen molar-refractivity contribution >= 4 is 32.9 Å². The summed E-state index contributed by atoms with van der Waals surface area (Å²) in [7, 11) is 0. The number of esters is 1. The molecule has 0 fully saturated rings. The Labute approximate surface area is 144 Å². The van der Waals surface area contributed by atoms with Gasteiger partial charge in [0.2, 0.25) is 0 Å². The van der Waals surface area contributed by atoms with Gasteiger partial charge in [-0.3, -0.25) is 4.79 Å². The molecule has 0 aliphatic carbocycles. The Kier molecular flexibility index (Phi) is 4.43. The molecule has 24 heavy (non-hydrogen) atoms. The van der Waals surface area contributed by atoms with E-state index in [1.165, 1.54) is 17.8 Å². The molecule has 0 saturated carbocycles. The third-order valence-electron chi connectivity index (χ3n) is 3.39. The largest absolute Gasteiger partial charge is 0.504 e. The summed E-state index contributed by atoms with van der Waals surface area (Å²) in [6.07, 6.45) is 1.64. The lowest BCUT2D eigenvalue weighted by atomic mass is 10.1. The molecular formula is C15H12BrFN4O3. The summed E-state index contributed by atoms with van der Waals surface area (Å²) in [5, 5.41) is 22.5. The number of fused-ring (bicyclic) bond motifs is 1. The molecule has 3 rings (SSSR count). The number of ether oxygens (including phenoxy) is 1. The van der Waals surface area contributed by atoms with E-state index in [0.717, 1.165) is 0 Å². The molecule has 7 nitrogen and oxygen atoms in total. The van der Waals surface area contributed by atoms with Crippen LogP contribution in [-0.4, -0.2) is 31.1 Å². The molecule has 0 bridgehead atoms. The Hall–Kier alpha value is -2.55. The lowest BCUT2D eigenvalue weighted by Gasteiger charge is -2.05. The summed E-state index contributed by atoms with van der Waals surface area (Å²) in [6.45, 7) is 1.18. The molecule has 0 aliphatic rings. The van der Waals surface area contributed by atoms with E-state index in [9.17, 15) is 14.3 Å². The quantitative estimate of drug-likeness (QED) is 0.683. The third kappa shape index (κ3) is 3.07. The molecule has 124 valence electrons. The van der Waals surface area contributed by atoms with Gasteiger partial charge in [-0.1, -0.05) is 6.07 Å². The summed E-state index contributed by atoms with van der Waals surface area (Å²) in [4.78, 5) is 11.0. The first-order valence-electron chi connectivity index (χ1n) is 6.93. The molecule has 0 radical (unpaired) electrons. The molecule has 1 N–H and O–H groups in total. The number of rotatable bonds is 4. The van der Waals surface area contributed by atoms with E-state index in [4.69, 9.17) is 4.74 Å². The van der Waals surface area contributed by atoms with Gasteiger partial charge in [0.15, 0.2) is 23.9 Å². The van der Waals surface area contributed by atoms with E-state index < -0.39 is 17.5 Å². The molecule has 0 atom stereocenters. The molecular weight excluding hydrogens is 383 g/mol. The first-order valence-corrected chi connectivity index (χ1v) is 7.73. The number of carbonyl (C=O) groups is 1. The molecule has 0 saturated heterocycles. The van der Waals surface area contributed by atoms with Crippen molar-refractivity contribution in [3.05, 3.63) is 45.9 Å². The number of phenolic OH excluding ortho intramolecular Hbond substituents is 1. The van der Waals surface area contributed by atoms with Crippen molar-refractivity contribution in [2.75, 3.05) is 0 Å². The molecule has 9 heteroatoms. The first kappa shape index (κ1) is 16.3.